The molecule has 0 saturated heterocycles. The number of benzene rings is 1. The normalized spacial score (nSPS) is 12.3. The van der Waals surface area contributed by atoms with Gasteiger partial charge in [0, 0.05) is 6.42 Å². The van der Waals surface area contributed by atoms with Gasteiger partial charge in [0.1, 0.15) is 22.6 Å². The van der Waals surface area contributed by atoms with Crippen molar-refractivity contribution in [2.24, 2.45) is 0 Å². The van der Waals surface area contributed by atoms with Crippen LogP contribution in [0, 0.1) is 5.82 Å². The smallest absolute Gasteiger partial charge is 0.313 e. The van der Waals surface area contributed by atoms with Crippen molar-refractivity contribution in [2.45, 2.75) is 32.1 Å². The summed E-state index contributed by atoms with van der Waals surface area (Å²) in [6, 6.07) is 5.98. The van der Waals surface area contributed by atoms with E-state index in [4.69, 9.17) is 0 Å². The van der Waals surface area contributed by atoms with Crippen molar-refractivity contribution in [2.75, 3.05) is 0 Å². The van der Waals surface area contributed by atoms with Crippen LogP contribution in [0.25, 0.3) is 0 Å². The standard InChI is InChI=1S/C14H15FN2O2S/c1-2-4-12-16-13(20-17-12)11(14(18)19)8-9-5-3-6-10(15)7-9/h3,5-7,11H,2,4,8H2,1H3,(H,18,19). The number of halogens is 1. The Morgan fingerprint density at radius 1 is 1.50 bits per heavy atom. The predicted molar refractivity (Wildman–Crippen MR) is 74.4 cm³/mol. The zero-order chi connectivity index (χ0) is 14.5. The number of nitrogens with zero attached hydrogens (tertiary/aromatic N) is 2. The van der Waals surface area contributed by atoms with Gasteiger partial charge < -0.3 is 5.11 Å². The minimum atomic E-state index is -0.964. The van der Waals surface area contributed by atoms with Gasteiger partial charge in [-0.05, 0) is 42.1 Å². The monoisotopic (exact) mass is 294 g/mol. The van der Waals surface area contributed by atoms with Gasteiger partial charge in [-0.3, -0.25) is 4.79 Å². The number of aryl methyl sites for hydroxylation is 1. The summed E-state index contributed by atoms with van der Waals surface area (Å²) >= 11 is 1.11. The molecular weight excluding hydrogens is 279 g/mol. The first-order valence-electron chi connectivity index (χ1n) is 6.40. The van der Waals surface area contributed by atoms with Gasteiger partial charge >= 0.3 is 5.97 Å². The predicted octanol–water partition coefficient (Wildman–Crippen LogP) is 3.04. The zero-order valence-corrected chi connectivity index (χ0v) is 11.9. The lowest BCUT2D eigenvalue weighted by atomic mass is 10.00. The molecule has 0 aliphatic rings. The van der Waals surface area contributed by atoms with Crippen molar-refractivity contribution in [1.82, 2.24) is 9.36 Å². The fraction of sp³-hybridized carbons (Fsp3) is 0.357. The Bertz CT molecular complexity index is 600. The molecule has 0 spiro atoms. The summed E-state index contributed by atoms with van der Waals surface area (Å²) < 4.78 is 17.3. The number of carbonyl (C=O) groups is 1. The van der Waals surface area contributed by atoms with E-state index in [0.717, 1.165) is 24.4 Å². The Labute approximate surface area is 120 Å². The van der Waals surface area contributed by atoms with E-state index in [1.54, 1.807) is 12.1 Å². The molecule has 0 radical (unpaired) electrons. The molecule has 1 atom stereocenters. The van der Waals surface area contributed by atoms with E-state index < -0.39 is 11.9 Å². The Hall–Kier alpha value is -1.82. The lowest BCUT2D eigenvalue weighted by molar-refractivity contribution is -0.138. The molecule has 0 fully saturated rings. The van der Waals surface area contributed by atoms with Gasteiger partial charge in [0.2, 0.25) is 0 Å². The van der Waals surface area contributed by atoms with Crippen LogP contribution < -0.4 is 0 Å². The highest BCUT2D eigenvalue weighted by Gasteiger charge is 2.24. The van der Waals surface area contributed by atoms with Crippen LogP contribution in [0.2, 0.25) is 0 Å². The molecule has 0 saturated carbocycles. The van der Waals surface area contributed by atoms with E-state index >= 15 is 0 Å². The molecular formula is C14H15FN2O2S. The fourth-order valence-electron chi connectivity index (χ4n) is 1.91. The first kappa shape index (κ1) is 14.6. The highest BCUT2D eigenvalue weighted by Crippen LogP contribution is 2.23. The van der Waals surface area contributed by atoms with E-state index in [0.29, 0.717) is 16.4 Å². The number of aliphatic carboxylic acids is 1. The molecule has 1 aromatic heterocycles. The number of hydrogen-bond donors (Lipinski definition) is 1. The highest BCUT2D eigenvalue weighted by atomic mass is 32.1. The van der Waals surface area contributed by atoms with E-state index in [2.05, 4.69) is 9.36 Å². The average molecular weight is 294 g/mol. The summed E-state index contributed by atoms with van der Waals surface area (Å²) in [6.45, 7) is 2.02. The van der Waals surface area contributed by atoms with Crippen LogP contribution in [-0.4, -0.2) is 20.4 Å². The average Bonchev–Trinajstić information content (AvgIpc) is 2.84. The van der Waals surface area contributed by atoms with Crippen LogP contribution in [0.15, 0.2) is 24.3 Å². The second-order valence-electron chi connectivity index (χ2n) is 4.52. The second kappa shape index (κ2) is 6.56. The van der Waals surface area contributed by atoms with Gasteiger partial charge in [-0.25, -0.2) is 9.37 Å². The Balaban J connectivity index is 2.20. The van der Waals surface area contributed by atoms with Crippen molar-refractivity contribution in [3.63, 3.8) is 0 Å². The first-order valence-corrected chi connectivity index (χ1v) is 7.17. The molecule has 0 aliphatic heterocycles. The van der Waals surface area contributed by atoms with Gasteiger partial charge in [0.25, 0.3) is 0 Å². The molecule has 1 aromatic carbocycles. The van der Waals surface area contributed by atoms with Crippen LogP contribution in [0.5, 0.6) is 0 Å². The van der Waals surface area contributed by atoms with Crippen molar-refractivity contribution >= 4 is 17.5 Å². The molecule has 2 aromatic rings. The van der Waals surface area contributed by atoms with Crippen LogP contribution in [-0.2, 0) is 17.6 Å². The first-order chi connectivity index (χ1) is 9.60. The maximum atomic E-state index is 13.2. The van der Waals surface area contributed by atoms with E-state index in [1.165, 1.54) is 12.1 Å². The van der Waals surface area contributed by atoms with E-state index in [-0.39, 0.29) is 12.2 Å². The number of rotatable bonds is 6. The summed E-state index contributed by atoms with van der Waals surface area (Å²) in [7, 11) is 0. The van der Waals surface area contributed by atoms with Gasteiger partial charge in [0.05, 0.1) is 0 Å². The SMILES string of the molecule is CCCc1nsc(C(Cc2cccc(F)c2)C(=O)O)n1. The summed E-state index contributed by atoms with van der Waals surface area (Å²) in [5.41, 5.74) is 0.643. The molecule has 1 unspecified atom stereocenters. The summed E-state index contributed by atoms with van der Waals surface area (Å²) in [5.74, 6) is -1.43. The Morgan fingerprint density at radius 2 is 2.30 bits per heavy atom. The van der Waals surface area contributed by atoms with Gasteiger partial charge in [-0.2, -0.15) is 4.37 Å². The molecule has 4 nitrogen and oxygen atoms in total. The van der Waals surface area contributed by atoms with Crippen LogP contribution in [0.3, 0.4) is 0 Å². The molecule has 0 aliphatic carbocycles. The fourth-order valence-corrected chi connectivity index (χ4v) is 2.70. The second-order valence-corrected chi connectivity index (χ2v) is 5.31. The third kappa shape index (κ3) is 3.60. The van der Waals surface area contributed by atoms with Crippen molar-refractivity contribution < 1.29 is 14.3 Å². The van der Waals surface area contributed by atoms with Crippen molar-refractivity contribution in [3.05, 3.63) is 46.5 Å². The number of carboxylic acid groups (broad SMARTS) is 1. The van der Waals surface area contributed by atoms with Gasteiger partial charge in [-0.1, -0.05) is 19.1 Å². The van der Waals surface area contributed by atoms with Crippen LogP contribution in [0.1, 0.15) is 35.7 Å². The number of hydrogen-bond acceptors (Lipinski definition) is 4. The third-order valence-electron chi connectivity index (χ3n) is 2.88. The minimum absolute atomic E-state index is 0.216. The molecule has 0 amide bonds. The molecule has 0 bridgehead atoms. The molecule has 2 rings (SSSR count). The van der Waals surface area contributed by atoms with Crippen LogP contribution >= 0.6 is 11.5 Å². The summed E-state index contributed by atoms with van der Waals surface area (Å²) in [6.07, 6.45) is 1.87. The van der Waals surface area contributed by atoms with E-state index in [9.17, 15) is 14.3 Å². The zero-order valence-electron chi connectivity index (χ0n) is 11.0. The number of carboxylic acids is 1. The molecule has 6 heteroatoms. The molecule has 20 heavy (non-hydrogen) atoms. The van der Waals surface area contributed by atoms with Gasteiger partial charge in [0.15, 0.2) is 0 Å². The lowest BCUT2D eigenvalue weighted by Crippen LogP contribution is -2.14. The summed E-state index contributed by atoms with van der Waals surface area (Å²) in [4.78, 5) is 15.7. The van der Waals surface area contributed by atoms with Crippen molar-refractivity contribution in [3.8, 4) is 0 Å². The highest BCUT2D eigenvalue weighted by molar-refractivity contribution is 7.05. The van der Waals surface area contributed by atoms with E-state index in [1.807, 2.05) is 6.92 Å². The Kier molecular flexibility index (Phi) is 4.79. The maximum Gasteiger partial charge on any atom is 0.313 e. The largest absolute Gasteiger partial charge is 0.481 e. The minimum Gasteiger partial charge on any atom is -0.481 e. The molecule has 1 N–H and O–H groups in total. The molecule has 1 heterocycles. The van der Waals surface area contributed by atoms with Crippen molar-refractivity contribution in [1.29, 1.82) is 0 Å². The Morgan fingerprint density at radius 3 is 2.95 bits per heavy atom. The quantitative estimate of drug-likeness (QED) is 0.889. The lowest BCUT2D eigenvalue weighted by Gasteiger charge is -2.08. The maximum absolute atomic E-state index is 13.2. The van der Waals surface area contributed by atoms with Gasteiger partial charge in [-0.15, -0.1) is 0 Å². The topological polar surface area (TPSA) is 63.1 Å². The third-order valence-corrected chi connectivity index (χ3v) is 3.75. The molecule has 106 valence electrons. The summed E-state index contributed by atoms with van der Waals surface area (Å²) in [5, 5.41) is 9.82. The van der Waals surface area contributed by atoms with Crippen LogP contribution in [0.4, 0.5) is 4.39 Å². The number of aromatic nitrogens is 2.